The third-order valence-electron chi connectivity index (χ3n) is 3.85. The molecule has 98 valence electrons. The van der Waals surface area contributed by atoms with Crippen LogP contribution in [0.2, 0.25) is 0 Å². The van der Waals surface area contributed by atoms with Gasteiger partial charge in [0.2, 0.25) is 0 Å². The molecule has 0 saturated heterocycles. The fraction of sp³-hybridized carbons (Fsp3) is 0.278. The van der Waals surface area contributed by atoms with E-state index >= 15 is 0 Å². The monoisotopic (exact) mass is 252 g/mol. The van der Waals surface area contributed by atoms with Gasteiger partial charge in [-0.1, -0.05) is 36.4 Å². The summed E-state index contributed by atoms with van der Waals surface area (Å²) in [5, 5.41) is 0. The van der Waals surface area contributed by atoms with Crippen molar-refractivity contribution in [2.24, 2.45) is 0 Å². The highest BCUT2D eigenvalue weighted by Crippen LogP contribution is 2.23. The molecule has 2 aromatic carbocycles. The maximum Gasteiger partial charge on any atom is 0.167 e. The summed E-state index contributed by atoms with van der Waals surface area (Å²) < 4.78 is 0. The Labute approximate surface area is 115 Å². The predicted molar refractivity (Wildman–Crippen MR) is 79.9 cm³/mol. The summed E-state index contributed by atoms with van der Waals surface area (Å²) >= 11 is 0. The maximum absolute atomic E-state index is 12.6. The minimum Gasteiger partial charge on any atom is -0.294 e. The van der Waals surface area contributed by atoms with E-state index in [4.69, 9.17) is 0 Å². The first-order valence-corrected chi connectivity index (χ1v) is 6.65. The van der Waals surface area contributed by atoms with Crippen LogP contribution >= 0.6 is 0 Å². The number of rotatable bonds is 3. The molecule has 2 rings (SSSR count). The number of aryl methyl sites for hydroxylation is 2. The molecular weight excluding hydrogens is 232 g/mol. The van der Waals surface area contributed by atoms with Crippen molar-refractivity contribution in [3.05, 3.63) is 69.8 Å². The second-order valence-corrected chi connectivity index (χ2v) is 5.22. The summed E-state index contributed by atoms with van der Waals surface area (Å²) in [6, 6.07) is 12.1. The fourth-order valence-corrected chi connectivity index (χ4v) is 2.50. The van der Waals surface area contributed by atoms with E-state index in [1.54, 1.807) is 0 Å². The van der Waals surface area contributed by atoms with Gasteiger partial charge >= 0.3 is 0 Å². The summed E-state index contributed by atoms with van der Waals surface area (Å²) in [5.74, 6) is 0.216. The number of ketones is 1. The van der Waals surface area contributed by atoms with Gasteiger partial charge < -0.3 is 0 Å². The normalized spacial score (nSPS) is 10.5. The van der Waals surface area contributed by atoms with E-state index in [1.807, 2.05) is 44.2 Å². The molecule has 0 aliphatic rings. The zero-order valence-corrected chi connectivity index (χ0v) is 12.1. The van der Waals surface area contributed by atoms with Crippen molar-refractivity contribution >= 4 is 5.78 Å². The van der Waals surface area contributed by atoms with E-state index in [1.165, 1.54) is 11.1 Å². The molecular formula is C18H20O. The van der Waals surface area contributed by atoms with Gasteiger partial charge in [-0.2, -0.15) is 0 Å². The van der Waals surface area contributed by atoms with E-state index in [-0.39, 0.29) is 5.78 Å². The Bertz CT molecular complexity index is 583. The van der Waals surface area contributed by atoms with Gasteiger partial charge in [0.05, 0.1) is 0 Å². The van der Waals surface area contributed by atoms with Crippen LogP contribution in [0.3, 0.4) is 0 Å². The highest BCUT2D eigenvalue weighted by atomic mass is 16.1. The van der Waals surface area contributed by atoms with E-state index in [2.05, 4.69) is 19.9 Å². The van der Waals surface area contributed by atoms with Crippen LogP contribution in [0.1, 0.15) is 38.2 Å². The Kier molecular flexibility index (Phi) is 3.84. The molecule has 0 N–H and O–H groups in total. The third kappa shape index (κ3) is 2.76. The van der Waals surface area contributed by atoms with Gasteiger partial charge in [-0.05, 0) is 55.5 Å². The average molecular weight is 252 g/mol. The predicted octanol–water partition coefficient (Wildman–Crippen LogP) is 4.35. The minimum absolute atomic E-state index is 0.216. The van der Waals surface area contributed by atoms with Gasteiger partial charge in [-0.3, -0.25) is 4.79 Å². The van der Waals surface area contributed by atoms with Crippen molar-refractivity contribution in [1.29, 1.82) is 0 Å². The number of carbonyl (C=O) groups is 1. The fourth-order valence-electron chi connectivity index (χ4n) is 2.50. The van der Waals surface area contributed by atoms with Gasteiger partial charge in [0, 0.05) is 12.0 Å². The largest absolute Gasteiger partial charge is 0.294 e. The second kappa shape index (κ2) is 5.40. The molecule has 0 aliphatic carbocycles. The standard InChI is InChI=1S/C18H20O/c1-12-10-13(2)15(4)18(14(12)3)17(19)11-16-8-6-5-7-9-16/h5-10H,11H2,1-4H3. The van der Waals surface area contributed by atoms with Crippen molar-refractivity contribution in [2.45, 2.75) is 34.1 Å². The first-order valence-electron chi connectivity index (χ1n) is 6.65. The van der Waals surface area contributed by atoms with Crippen LogP contribution in [0.4, 0.5) is 0 Å². The number of carbonyl (C=O) groups excluding carboxylic acids is 1. The van der Waals surface area contributed by atoms with Gasteiger partial charge in [-0.25, -0.2) is 0 Å². The highest BCUT2D eigenvalue weighted by molar-refractivity contribution is 6.00. The van der Waals surface area contributed by atoms with Crippen LogP contribution in [-0.2, 0) is 6.42 Å². The Balaban J connectivity index is 2.40. The molecule has 0 amide bonds. The Morgan fingerprint density at radius 3 is 1.95 bits per heavy atom. The van der Waals surface area contributed by atoms with Crippen molar-refractivity contribution in [1.82, 2.24) is 0 Å². The molecule has 1 heteroatoms. The Hall–Kier alpha value is -1.89. The molecule has 0 spiro atoms. The van der Waals surface area contributed by atoms with E-state index in [9.17, 15) is 4.79 Å². The lowest BCUT2D eigenvalue weighted by molar-refractivity contribution is 0.0991. The van der Waals surface area contributed by atoms with Crippen LogP contribution in [0.5, 0.6) is 0 Å². The molecule has 0 atom stereocenters. The molecule has 0 radical (unpaired) electrons. The first-order chi connectivity index (χ1) is 9.00. The van der Waals surface area contributed by atoms with E-state index < -0.39 is 0 Å². The van der Waals surface area contributed by atoms with Crippen molar-refractivity contribution in [3.8, 4) is 0 Å². The Morgan fingerprint density at radius 2 is 1.42 bits per heavy atom. The van der Waals surface area contributed by atoms with Crippen LogP contribution in [0, 0.1) is 27.7 Å². The van der Waals surface area contributed by atoms with Gasteiger partial charge in [0.15, 0.2) is 5.78 Å². The van der Waals surface area contributed by atoms with Gasteiger partial charge in [-0.15, -0.1) is 0 Å². The van der Waals surface area contributed by atoms with Crippen molar-refractivity contribution in [3.63, 3.8) is 0 Å². The second-order valence-electron chi connectivity index (χ2n) is 5.22. The van der Waals surface area contributed by atoms with Crippen LogP contribution in [-0.4, -0.2) is 5.78 Å². The summed E-state index contributed by atoms with van der Waals surface area (Å²) in [7, 11) is 0. The summed E-state index contributed by atoms with van der Waals surface area (Å²) in [5.41, 5.74) is 6.60. The lowest BCUT2D eigenvalue weighted by Crippen LogP contribution is -2.10. The van der Waals surface area contributed by atoms with Crippen molar-refractivity contribution < 1.29 is 4.79 Å². The van der Waals surface area contributed by atoms with E-state index in [0.29, 0.717) is 6.42 Å². The summed E-state index contributed by atoms with van der Waals surface area (Å²) in [6.45, 7) is 8.22. The van der Waals surface area contributed by atoms with Gasteiger partial charge in [0.25, 0.3) is 0 Å². The number of hydrogen-bond donors (Lipinski definition) is 0. The molecule has 0 heterocycles. The third-order valence-corrected chi connectivity index (χ3v) is 3.85. The van der Waals surface area contributed by atoms with Crippen LogP contribution in [0.15, 0.2) is 36.4 Å². The number of benzene rings is 2. The molecule has 19 heavy (non-hydrogen) atoms. The average Bonchev–Trinajstić information content (AvgIpc) is 2.38. The quantitative estimate of drug-likeness (QED) is 0.742. The molecule has 0 aliphatic heterocycles. The number of hydrogen-bond acceptors (Lipinski definition) is 1. The molecule has 1 nitrogen and oxygen atoms in total. The smallest absolute Gasteiger partial charge is 0.167 e. The maximum atomic E-state index is 12.6. The lowest BCUT2D eigenvalue weighted by Gasteiger charge is -2.14. The molecule has 0 unspecified atom stereocenters. The molecule has 0 bridgehead atoms. The zero-order chi connectivity index (χ0) is 14.0. The minimum atomic E-state index is 0.216. The van der Waals surface area contributed by atoms with Crippen LogP contribution < -0.4 is 0 Å². The van der Waals surface area contributed by atoms with E-state index in [0.717, 1.165) is 22.3 Å². The lowest BCUT2D eigenvalue weighted by atomic mass is 9.89. The first kappa shape index (κ1) is 13.5. The highest BCUT2D eigenvalue weighted by Gasteiger charge is 2.15. The Morgan fingerprint density at radius 1 is 0.895 bits per heavy atom. The molecule has 2 aromatic rings. The SMILES string of the molecule is Cc1cc(C)c(C)c(C(=O)Cc2ccccc2)c1C. The van der Waals surface area contributed by atoms with Gasteiger partial charge in [0.1, 0.15) is 0 Å². The molecule has 0 fully saturated rings. The zero-order valence-electron chi connectivity index (χ0n) is 12.1. The summed E-state index contributed by atoms with van der Waals surface area (Å²) in [6.07, 6.45) is 0.478. The topological polar surface area (TPSA) is 17.1 Å². The van der Waals surface area contributed by atoms with Crippen LogP contribution in [0.25, 0.3) is 0 Å². The molecule has 0 aromatic heterocycles. The number of Topliss-reactive ketones (excluding diaryl/α,β-unsaturated/α-hetero) is 1. The summed E-state index contributed by atoms with van der Waals surface area (Å²) in [4.78, 5) is 12.6. The van der Waals surface area contributed by atoms with Crippen molar-refractivity contribution in [2.75, 3.05) is 0 Å². The molecule has 0 saturated carbocycles.